The fraction of sp³-hybridized carbons (Fsp3) is 0.708. The van der Waals surface area contributed by atoms with Crippen molar-refractivity contribution in [1.29, 1.82) is 0 Å². The first-order valence-electron chi connectivity index (χ1n) is 11.1. The molecule has 1 saturated heterocycles. The lowest BCUT2D eigenvalue weighted by Crippen LogP contribution is -2.59. The molecule has 0 aromatic heterocycles. The lowest BCUT2D eigenvalue weighted by Gasteiger charge is -2.53. The van der Waals surface area contributed by atoms with Crippen molar-refractivity contribution in [2.45, 2.75) is 66.0 Å². The third kappa shape index (κ3) is 3.13. The molecule has 3 fully saturated rings. The predicted octanol–water partition coefficient (Wildman–Crippen LogP) is 4.45. The Morgan fingerprint density at radius 3 is 2.83 bits per heavy atom. The minimum absolute atomic E-state index is 0.0127. The SMILES string of the molecule is CCOc1cc([C@H]2OCC[C@@]34C[C@@H](C[C@H]23)C(C)(C)[C@@H]4NC(=O)C(C)C)ccc1O. The highest BCUT2D eigenvalue weighted by Crippen LogP contribution is 2.70. The van der Waals surface area contributed by atoms with Crippen molar-refractivity contribution < 1.29 is 19.4 Å². The number of hydrogen-bond donors (Lipinski definition) is 2. The molecule has 3 aliphatic rings. The van der Waals surface area contributed by atoms with Gasteiger partial charge in [0.25, 0.3) is 0 Å². The lowest BCUT2D eigenvalue weighted by atomic mass is 9.58. The second kappa shape index (κ2) is 7.19. The van der Waals surface area contributed by atoms with Gasteiger partial charge in [0.2, 0.25) is 5.91 Å². The van der Waals surface area contributed by atoms with E-state index in [4.69, 9.17) is 9.47 Å². The monoisotopic (exact) mass is 401 g/mol. The number of carbonyl (C=O) groups excluding carboxylic acids is 1. The normalized spacial score (nSPS) is 34.8. The summed E-state index contributed by atoms with van der Waals surface area (Å²) >= 11 is 0. The third-order valence-electron chi connectivity index (χ3n) is 7.93. The lowest BCUT2D eigenvalue weighted by molar-refractivity contribution is -0.139. The largest absolute Gasteiger partial charge is 0.504 e. The molecule has 0 unspecified atom stereocenters. The van der Waals surface area contributed by atoms with Crippen LogP contribution >= 0.6 is 0 Å². The highest BCUT2D eigenvalue weighted by atomic mass is 16.5. The molecule has 0 radical (unpaired) electrons. The fourth-order valence-corrected chi connectivity index (χ4v) is 6.40. The van der Waals surface area contributed by atoms with Gasteiger partial charge in [0.1, 0.15) is 0 Å². The number of nitrogens with one attached hydrogen (secondary N) is 1. The summed E-state index contributed by atoms with van der Waals surface area (Å²) in [5.41, 5.74) is 1.23. The van der Waals surface area contributed by atoms with Crippen LogP contribution in [0.15, 0.2) is 18.2 Å². The zero-order chi connectivity index (χ0) is 21.0. The quantitative estimate of drug-likeness (QED) is 0.765. The van der Waals surface area contributed by atoms with Crippen molar-refractivity contribution >= 4 is 5.91 Å². The zero-order valence-electron chi connectivity index (χ0n) is 18.3. The topological polar surface area (TPSA) is 67.8 Å². The Balaban J connectivity index is 1.68. The Morgan fingerprint density at radius 1 is 1.38 bits per heavy atom. The molecule has 2 N–H and O–H groups in total. The van der Waals surface area contributed by atoms with Crippen molar-refractivity contribution in [1.82, 2.24) is 5.32 Å². The Bertz CT molecular complexity index is 789. The number of amides is 1. The summed E-state index contributed by atoms with van der Waals surface area (Å²) in [6.07, 6.45) is 3.25. The van der Waals surface area contributed by atoms with Crippen LogP contribution in [-0.2, 0) is 9.53 Å². The Hall–Kier alpha value is -1.75. The van der Waals surface area contributed by atoms with Crippen molar-refractivity contribution in [3.8, 4) is 11.5 Å². The van der Waals surface area contributed by atoms with Gasteiger partial charge in [-0.1, -0.05) is 33.8 Å². The average molecular weight is 402 g/mol. The Morgan fingerprint density at radius 2 is 2.14 bits per heavy atom. The van der Waals surface area contributed by atoms with Crippen molar-refractivity contribution in [2.75, 3.05) is 13.2 Å². The molecule has 4 rings (SSSR count). The van der Waals surface area contributed by atoms with Gasteiger partial charge in [-0.25, -0.2) is 0 Å². The van der Waals surface area contributed by atoms with E-state index in [-0.39, 0.29) is 40.6 Å². The molecule has 160 valence electrons. The van der Waals surface area contributed by atoms with Crippen LogP contribution in [0, 0.1) is 28.6 Å². The average Bonchev–Trinajstić information content (AvgIpc) is 3.16. The fourth-order valence-electron chi connectivity index (χ4n) is 6.40. The van der Waals surface area contributed by atoms with Gasteiger partial charge in [-0.2, -0.15) is 0 Å². The van der Waals surface area contributed by atoms with Crippen molar-refractivity contribution in [2.24, 2.45) is 28.6 Å². The van der Waals surface area contributed by atoms with E-state index in [0.29, 0.717) is 30.8 Å². The molecule has 1 aromatic carbocycles. The molecule has 2 bridgehead atoms. The number of aromatic hydroxyl groups is 1. The first-order valence-corrected chi connectivity index (χ1v) is 11.1. The third-order valence-corrected chi connectivity index (χ3v) is 7.93. The molecule has 2 saturated carbocycles. The summed E-state index contributed by atoms with van der Waals surface area (Å²) in [4.78, 5) is 12.7. The van der Waals surface area contributed by atoms with Gasteiger partial charge in [0.15, 0.2) is 11.5 Å². The first kappa shape index (κ1) is 20.5. The van der Waals surface area contributed by atoms with E-state index in [1.165, 1.54) is 0 Å². The molecule has 5 heteroatoms. The van der Waals surface area contributed by atoms with Gasteiger partial charge >= 0.3 is 0 Å². The summed E-state index contributed by atoms with van der Waals surface area (Å²) < 4.78 is 11.9. The molecule has 1 aromatic rings. The van der Waals surface area contributed by atoms with Gasteiger partial charge in [-0.3, -0.25) is 4.79 Å². The molecule has 2 aliphatic carbocycles. The highest BCUT2D eigenvalue weighted by molar-refractivity contribution is 5.78. The van der Waals surface area contributed by atoms with E-state index in [0.717, 1.165) is 24.8 Å². The molecule has 1 heterocycles. The van der Waals surface area contributed by atoms with E-state index in [1.807, 2.05) is 32.9 Å². The molecule has 29 heavy (non-hydrogen) atoms. The van der Waals surface area contributed by atoms with Crippen LogP contribution in [-0.4, -0.2) is 30.3 Å². The second-order valence-electron chi connectivity index (χ2n) is 10.1. The predicted molar refractivity (Wildman–Crippen MR) is 112 cm³/mol. The van der Waals surface area contributed by atoms with Gasteiger partial charge in [0, 0.05) is 18.6 Å². The molecule has 1 amide bonds. The maximum Gasteiger partial charge on any atom is 0.222 e. The summed E-state index contributed by atoms with van der Waals surface area (Å²) in [5.74, 6) is 1.76. The van der Waals surface area contributed by atoms with Crippen molar-refractivity contribution in [3.63, 3.8) is 0 Å². The van der Waals surface area contributed by atoms with Crippen LogP contribution in [0.5, 0.6) is 11.5 Å². The van der Waals surface area contributed by atoms with E-state index < -0.39 is 0 Å². The standard InChI is InChI=1S/C24H35NO4/c1-6-28-19-11-15(7-8-18(19)26)20-17-12-16-13-24(17,9-10-29-20)22(23(16,4)5)25-21(27)14(2)3/h7-8,11,14,16-17,20,22,26H,6,9-10,12-13H2,1-5H3,(H,25,27)/t16-,17-,20-,22+,24-/m1/s1. The first-order chi connectivity index (χ1) is 13.7. The number of ether oxygens (including phenoxy) is 2. The Kier molecular flexibility index (Phi) is 5.09. The maximum atomic E-state index is 12.7. The number of hydrogen-bond acceptors (Lipinski definition) is 4. The minimum Gasteiger partial charge on any atom is -0.504 e. The number of benzene rings is 1. The number of phenols is 1. The van der Waals surface area contributed by atoms with Gasteiger partial charge < -0.3 is 19.9 Å². The maximum absolute atomic E-state index is 12.7. The molecule has 1 aliphatic heterocycles. The summed E-state index contributed by atoms with van der Waals surface area (Å²) in [6, 6.07) is 5.77. The molecule has 5 atom stereocenters. The van der Waals surface area contributed by atoms with E-state index >= 15 is 0 Å². The molecule has 1 spiro atoms. The smallest absolute Gasteiger partial charge is 0.222 e. The summed E-state index contributed by atoms with van der Waals surface area (Å²) in [7, 11) is 0. The number of fused-ring (bicyclic) bond motifs is 1. The van der Waals surface area contributed by atoms with Gasteiger partial charge in [0.05, 0.1) is 12.7 Å². The van der Waals surface area contributed by atoms with E-state index in [2.05, 4.69) is 19.2 Å². The van der Waals surface area contributed by atoms with Crippen LogP contribution in [0.3, 0.4) is 0 Å². The van der Waals surface area contributed by atoms with Crippen LogP contribution in [0.1, 0.15) is 65.5 Å². The number of rotatable bonds is 5. The van der Waals surface area contributed by atoms with Gasteiger partial charge in [-0.05, 0) is 66.5 Å². The number of phenolic OH excluding ortho intramolecular Hbond substituents is 1. The zero-order valence-corrected chi connectivity index (χ0v) is 18.3. The highest BCUT2D eigenvalue weighted by Gasteiger charge is 2.68. The minimum atomic E-state index is -0.0249. The van der Waals surface area contributed by atoms with E-state index in [1.54, 1.807) is 6.07 Å². The van der Waals surface area contributed by atoms with Crippen LogP contribution < -0.4 is 10.1 Å². The van der Waals surface area contributed by atoms with Crippen LogP contribution in [0.2, 0.25) is 0 Å². The van der Waals surface area contributed by atoms with E-state index in [9.17, 15) is 9.90 Å². The molecule has 5 nitrogen and oxygen atoms in total. The molecular formula is C24H35NO4. The molecular weight excluding hydrogens is 366 g/mol. The second-order valence-corrected chi connectivity index (χ2v) is 10.1. The van der Waals surface area contributed by atoms with Gasteiger partial charge in [-0.15, -0.1) is 0 Å². The van der Waals surface area contributed by atoms with Crippen LogP contribution in [0.4, 0.5) is 0 Å². The number of carbonyl (C=O) groups is 1. The van der Waals surface area contributed by atoms with Crippen LogP contribution in [0.25, 0.3) is 0 Å². The summed E-state index contributed by atoms with van der Waals surface area (Å²) in [6.45, 7) is 11.7. The summed E-state index contributed by atoms with van der Waals surface area (Å²) in [5, 5.41) is 13.5. The Labute approximate surface area is 174 Å². The van der Waals surface area contributed by atoms with Crippen molar-refractivity contribution in [3.05, 3.63) is 23.8 Å².